The van der Waals surface area contributed by atoms with Crippen molar-refractivity contribution in [1.82, 2.24) is 5.32 Å². The molecule has 0 bridgehead atoms. The van der Waals surface area contributed by atoms with Gasteiger partial charge in [0.15, 0.2) is 0 Å². The quantitative estimate of drug-likeness (QED) is 0.890. The van der Waals surface area contributed by atoms with E-state index in [1.807, 2.05) is 24.3 Å². The summed E-state index contributed by atoms with van der Waals surface area (Å²) >= 11 is 6.07. The Labute approximate surface area is 119 Å². The summed E-state index contributed by atoms with van der Waals surface area (Å²) in [6.07, 6.45) is 4.89. The normalized spacial score (nSPS) is 23.1. The zero-order valence-electron chi connectivity index (χ0n) is 11.1. The SMILES string of the molecule is NCC1CCCCC1NC(=O)Cc1ccccc1Cl. The van der Waals surface area contributed by atoms with Gasteiger partial charge in [0.2, 0.25) is 5.91 Å². The fourth-order valence-corrected chi connectivity index (χ4v) is 2.95. The molecule has 0 saturated heterocycles. The molecule has 1 aliphatic carbocycles. The van der Waals surface area contributed by atoms with Crippen molar-refractivity contribution < 1.29 is 4.79 Å². The van der Waals surface area contributed by atoms with Gasteiger partial charge in [0.25, 0.3) is 0 Å². The van der Waals surface area contributed by atoms with E-state index in [1.165, 1.54) is 12.8 Å². The number of nitrogens with one attached hydrogen (secondary N) is 1. The van der Waals surface area contributed by atoms with Gasteiger partial charge in [-0.2, -0.15) is 0 Å². The van der Waals surface area contributed by atoms with Gasteiger partial charge in [0.05, 0.1) is 6.42 Å². The van der Waals surface area contributed by atoms with Crippen molar-refractivity contribution in [3.8, 4) is 0 Å². The van der Waals surface area contributed by atoms with Crippen LogP contribution in [-0.2, 0) is 11.2 Å². The average molecular weight is 281 g/mol. The van der Waals surface area contributed by atoms with Crippen LogP contribution in [0.2, 0.25) is 5.02 Å². The zero-order chi connectivity index (χ0) is 13.7. The van der Waals surface area contributed by atoms with Crippen LogP contribution in [0.1, 0.15) is 31.2 Å². The lowest BCUT2D eigenvalue weighted by Crippen LogP contribution is -2.45. The third kappa shape index (κ3) is 3.95. The van der Waals surface area contributed by atoms with Crippen LogP contribution in [0.15, 0.2) is 24.3 Å². The van der Waals surface area contributed by atoms with Crippen LogP contribution in [0, 0.1) is 5.92 Å². The lowest BCUT2D eigenvalue weighted by Gasteiger charge is -2.31. The van der Waals surface area contributed by atoms with Crippen molar-refractivity contribution in [2.45, 2.75) is 38.1 Å². The number of halogens is 1. The van der Waals surface area contributed by atoms with E-state index < -0.39 is 0 Å². The summed E-state index contributed by atoms with van der Waals surface area (Å²) in [7, 11) is 0. The Morgan fingerprint density at radius 2 is 2.05 bits per heavy atom. The van der Waals surface area contributed by atoms with Gasteiger partial charge in [0, 0.05) is 11.1 Å². The molecule has 1 aromatic carbocycles. The van der Waals surface area contributed by atoms with Crippen molar-refractivity contribution in [3.63, 3.8) is 0 Å². The van der Waals surface area contributed by atoms with E-state index in [0.717, 1.165) is 18.4 Å². The molecule has 0 aliphatic heterocycles. The van der Waals surface area contributed by atoms with E-state index in [0.29, 0.717) is 23.9 Å². The second-order valence-corrected chi connectivity index (χ2v) is 5.63. The molecule has 2 unspecified atom stereocenters. The molecule has 3 N–H and O–H groups in total. The van der Waals surface area contributed by atoms with Gasteiger partial charge in [-0.15, -0.1) is 0 Å². The number of nitrogens with two attached hydrogens (primary N) is 1. The Hall–Kier alpha value is -1.06. The molecular weight excluding hydrogens is 260 g/mol. The molecule has 0 aromatic heterocycles. The summed E-state index contributed by atoms with van der Waals surface area (Å²) in [4.78, 5) is 12.1. The van der Waals surface area contributed by atoms with Crippen molar-refractivity contribution in [1.29, 1.82) is 0 Å². The largest absolute Gasteiger partial charge is 0.353 e. The van der Waals surface area contributed by atoms with Gasteiger partial charge in [-0.25, -0.2) is 0 Å². The van der Waals surface area contributed by atoms with Crippen LogP contribution in [-0.4, -0.2) is 18.5 Å². The van der Waals surface area contributed by atoms with E-state index in [9.17, 15) is 4.79 Å². The zero-order valence-corrected chi connectivity index (χ0v) is 11.8. The Bertz CT molecular complexity index is 436. The van der Waals surface area contributed by atoms with Gasteiger partial charge in [-0.3, -0.25) is 4.79 Å². The maximum absolute atomic E-state index is 12.1. The van der Waals surface area contributed by atoms with E-state index in [4.69, 9.17) is 17.3 Å². The highest BCUT2D eigenvalue weighted by Crippen LogP contribution is 2.24. The standard InChI is InChI=1S/C15H21ClN2O/c16-13-7-3-1-5-11(13)9-15(19)18-14-8-4-2-6-12(14)10-17/h1,3,5,7,12,14H,2,4,6,8-10,17H2,(H,18,19). The Kier molecular flexibility index (Phi) is 5.23. The first-order chi connectivity index (χ1) is 9.20. The number of carbonyl (C=O) groups excluding carboxylic acids is 1. The molecular formula is C15H21ClN2O. The van der Waals surface area contributed by atoms with Crippen molar-refractivity contribution >= 4 is 17.5 Å². The molecule has 2 rings (SSSR count). The molecule has 1 aliphatic rings. The summed E-state index contributed by atoms with van der Waals surface area (Å²) in [5.41, 5.74) is 6.65. The number of benzene rings is 1. The van der Waals surface area contributed by atoms with Gasteiger partial charge in [-0.05, 0) is 36.9 Å². The maximum Gasteiger partial charge on any atom is 0.224 e. The van der Waals surface area contributed by atoms with Crippen LogP contribution in [0.3, 0.4) is 0 Å². The fraction of sp³-hybridized carbons (Fsp3) is 0.533. The third-order valence-electron chi connectivity index (χ3n) is 3.87. The minimum Gasteiger partial charge on any atom is -0.353 e. The molecule has 19 heavy (non-hydrogen) atoms. The minimum absolute atomic E-state index is 0.0402. The first-order valence-corrected chi connectivity index (χ1v) is 7.31. The number of hydrogen-bond donors (Lipinski definition) is 2. The predicted molar refractivity (Wildman–Crippen MR) is 78.1 cm³/mol. The van der Waals surface area contributed by atoms with Gasteiger partial charge in [0.1, 0.15) is 0 Å². The third-order valence-corrected chi connectivity index (χ3v) is 4.24. The molecule has 0 spiro atoms. The van der Waals surface area contributed by atoms with E-state index in [1.54, 1.807) is 0 Å². The molecule has 1 aromatic rings. The lowest BCUT2D eigenvalue weighted by molar-refractivity contribution is -0.121. The first-order valence-electron chi connectivity index (χ1n) is 6.93. The molecule has 1 saturated carbocycles. The molecule has 4 heteroatoms. The van der Waals surface area contributed by atoms with Crippen molar-refractivity contribution in [3.05, 3.63) is 34.9 Å². The van der Waals surface area contributed by atoms with E-state index >= 15 is 0 Å². The lowest BCUT2D eigenvalue weighted by atomic mass is 9.84. The fourth-order valence-electron chi connectivity index (χ4n) is 2.75. The Balaban J connectivity index is 1.92. The number of amides is 1. The molecule has 1 amide bonds. The van der Waals surface area contributed by atoms with Crippen LogP contribution in [0.25, 0.3) is 0 Å². The average Bonchev–Trinajstić information content (AvgIpc) is 2.42. The van der Waals surface area contributed by atoms with Gasteiger partial charge < -0.3 is 11.1 Å². The van der Waals surface area contributed by atoms with Crippen LogP contribution >= 0.6 is 11.6 Å². The smallest absolute Gasteiger partial charge is 0.224 e. The molecule has 0 radical (unpaired) electrons. The summed E-state index contributed by atoms with van der Waals surface area (Å²) in [6.45, 7) is 0.650. The molecule has 0 heterocycles. The number of hydrogen-bond acceptors (Lipinski definition) is 2. The summed E-state index contributed by atoms with van der Waals surface area (Å²) in [5, 5.41) is 3.77. The Morgan fingerprint density at radius 3 is 2.79 bits per heavy atom. The van der Waals surface area contributed by atoms with Crippen LogP contribution in [0.5, 0.6) is 0 Å². The van der Waals surface area contributed by atoms with Crippen LogP contribution < -0.4 is 11.1 Å². The highest BCUT2D eigenvalue weighted by molar-refractivity contribution is 6.31. The van der Waals surface area contributed by atoms with Gasteiger partial charge in [-0.1, -0.05) is 42.6 Å². The monoisotopic (exact) mass is 280 g/mol. The van der Waals surface area contributed by atoms with E-state index in [-0.39, 0.29) is 11.9 Å². The highest BCUT2D eigenvalue weighted by Gasteiger charge is 2.25. The number of carbonyl (C=O) groups is 1. The molecule has 104 valence electrons. The second-order valence-electron chi connectivity index (χ2n) is 5.22. The molecule has 1 fully saturated rings. The summed E-state index contributed by atoms with van der Waals surface area (Å²) in [6, 6.07) is 7.71. The topological polar surface area (TPSA) is 55.1 Å². The number of rotatable bonds is 4. The predicted octanol–water partition coefficient (Wildman–Crippen LogP) is 2.52. The maximum atomic E-state index is 12.1. The van der Waals surface area contributed by atoms with E-state index in [2.05, 4.69) is 5.32 Å². The van der Waals surface area contributed by atoms with Crippen LogP contribution in [0.4, 0.5) is 0 Å². The van der Waals surface area contributed by atoms with Crippen molar-refractivity contribution in [2.75, 3.05) is 6.54 Å². The molecule has 2 atom stereocenters. The first kappa shape index (κ1) is 14.4. The Morgan fingerprint density at radius 1 is 1.32 bits per heavy atom. The van der Waals surface area contributed by atoms with Crippen molar-refractivity contribution in [2.24, 2.45) is 11.7 Å². The minimum atomic E-state index is 0.0402. The summed E-state index contributed by atoms with van der Waals surface area (Å²) < 4.78 is 0. The molecule has 3 nitrogen and oxygen atoms in total. The summed E-state index contributed by atoms with van der Waals surface area (Å²) in [5.74, 6) is 0.461. The highest BCUT2D eigenvalue weighted by atomic mass is 35.5. The van der Waals surface area contributed by atoms with Gasteiger partial charge >= 0.3 is 0 Å². The second kappa shape index (κ2) is 6.92.